The van der Waals surface area contributed by atoms with Crippen molar-refractivity contribution in [3.8, 4) is 0 Å². The second-order valence-corrected chi connectivity index (χ2v) is 18.5. The van der Waals surface area contributed by atoms with Crippen molar-refractivity contribution in [2.24, 2.45) is 0 Å². The molecule has 1 aliphatic carbocycles. The first kappa shape index (κ1) is 68.3. The number of carbonyl (C=O) groups excluding carboxylic acids is 2. The summed E-state index contributed by atoms with van der Waals surface area (Å²) in [6, 6.07) is 0. The van der Waals surface area contributed by atoms with E-state index in [1.165, 1.54) is 103 Å². The molecule has 1 fully saturated rings. The zero-order valence-corrected chi connectivity index (χ0v) is 46.6. The SMILES string of the molecule is CCCCCCCCCCCCCCCC(=O)OC[C@H](COP(=O)([O-])O[C@@H]1[C@H](O)[C@H](OP(=O)([O-])[O-])[C@@H](O)[C@H](O)[C@H]1O)OC(=O)CCCCCCCCCCCCCCC.[Na+].[Na+].[Na+]. The molecule has 350 valence electrons. The van der Waals surface area contributed by atoms with Crippen LogP contribution in [0.1, 0.15) is 194 Å². The Balaban J connectivity index is -0.0000116. The van der Waals surface area contributed by atoms with Crippen LogP contribution >= 0.6 is 15.6 Å². The second kappa shape index (κ2) is 41.9. The maximum atomic E-state index is 12.8. The maximum absolute atomic E-state index is 12.8. The second-order valence-electron chi connectivity index (χ2n) is 16.1. The Bertz CT molecular complexity index is 1190. The Hall–Kier alpha value is 2.00. The van der Waals surface area contributed by atoms with Crippen LogP contribution in [0.2, 0.25) is 0 Å². The van der Waals surface area contributed by atoms with Crippen LogP contribution in [0, 0.1) is 0 Å². The number of aliphatic hydroxyl groups is 4. The molecule has 21 heteroatoms. The zero-order valence-electron chi connectivity index (χ0n) is 38.8. The Labute approximate surface area is 438 Å². The van der Waals surface area contributed by atoms with Gasteiger partial charge in [-0.1, -0.05) is 168 Å². The first-order chi connectivity index (χ1) is 28.1. The Morgan fingerprint density at radius 2 is 0.823 bits per heavy atom. The minimum Gasteiger partial charge on any atom is -0.790 e. The third-order valence-electron chi connectivity index (χ3n) is 10.7. The van der Waals surface area contributed by atoms with E-state index in [1.807, 2.05) is 0 Å². The van der Waals surface area contributed by atoms with Gasteiger partial charge in [-0.05, 0) is 12.8 Å². The van der Waals surface area contributed by atoms with E-state index >= 15 is 0 Å². The summed E-state index contributed by atoms with van der Waals surface area (Å²) in [5, 5.41) is 40.9. The number of phosphoric ester groups is 2. The predicted molar refractivity (Wildman–Crippen MR) is 216 cm³/mol. The molecule has 4 N–H and O–H groups in total. The van der Waals surface area contributed by atoms with Crippen LogP contribution in [0.4, 0.5) is 0 Å². The Morgan fingerprint density at radius 3 is 1.19 bits per heavy atom. The number of hydrogen-bond acceptors (Lipinski definition) is 16. The van der Waals surface area contributed by atoms with Crippen molar-refractivity contribution in [3.05, 3.63) is 0 Å². The van der Waals surface area contributed by atoms with E-state index < -0.39 is 83.5 Å². The van der Waals surface area contributed by atoms with Crippen LogP contribution in [-0.2, 0) is 41.8 Å². The van der Waals surface area contributed by atoms with Crippen molar-refractivity contribution in [2.75, 3.05) is 13.2 Å². The topological polar surface area (TPSA) is 265 Å². The minimum atomic E-state index is -5.87. The number of unbranched alkanes of at least 4 members (excludes halogenated alkanes) is 24. The molecule has 8 atom stereocenters. The molecule has 0 aromatic rings. The molecular weight excluding hydrogens is 879 g/mol. The van der Waals surface area contributed by atoms with Crippen molar-refractivity contribution >= 4 is 27.6 Å². The van der Waals surface area contributed by atoms with Crippen LogP contribution < -0.4 is 103 Å². The predicted octanol–water partition coefficient (Wildman–Crippen LogP) is -3.04. The number of aliphatic hydroxyl groups excluding tert-OH is 4. The van der Waals surface area contributed by atoms with Crippen LogP contribution in [0.15, 0.2) is 0 Å². The molecule has 1 unspecified atom stereocenters. The summed E-state index contributed by atoms with van der Waals surface area (Å²) >= 11 is 0. The van der Waals surface area contributed by atoms with Gasteiger partial charge in [0.2, 0.25) is 0 Å². The van der Waals surface area contributed by atoms with Crippen LogP contribution in [0.3, 0.4) is 0 Å². The van der Waals surface area contributed by atoms with Crippen molar-refractivity contribution in [1.82, 2.24) is 0 Å². The molecule has 1 aliphatic rings. The van der Waals surface area contributed by atoms with Gasteiger partial charge in [-0.25, -0.2) is 0 Å². The fraction of sp³-hybridized carbons (Fsp3) is 0.951. The summed E-state index contributed by atoms with van der Waals surface area (Å²) in [4.78, 5) is 60.4. The average Bonchev–Trinajstić information content (AvgIpc) is 3.18. The summed E-state index contributed by atoms with van der Waals surface area (Å²) < 4.78 is 48.3. The summed E-state index contributed by atoms with van der Waals surface area (Å²) in [6.07, 6.45) is 14.0. The fourth-order valence-electron chi connectivity index (χ4n) is 7.13. The van der Waals surface area contributed by atoms with Crippen molar-refractivity contribution in [2.45, 2.75) is 236 Å². The van der Waals surface area contributed by atoms with Crippen LogP contribution in [-0.4, -0.2) is 88.3 Å². The van der Waals surface area contributed by atoms with E-state index in [0.29, 0.717) is 12.8 Å². The van der Waals surface area contributed by atoms with E-state index in [9.17, 15) is 53.8 Å². The van der Waals surface area contributed by atoms with E-state index in [-0.39, 0.29) is 102 Å². The molecule has 0 heterocycles. The van der Waals surface area contributed by atoms with Crippen molar-refractivity contribution in [1.29, 1.82) is 0 Å². The quantitative estimate of drug-likeness (QED) is 0.0208. The third-order valence-corrected chi connectivity index (χ3v) is 12.1. The molecule has 0 aliphatic heterocycles. The van der Waals surface area contributed by atoms with Crippen molar-refractivity contribution < 1.29 is 166 Å². The monoisotopic (exact) mass is 956 g/mol. The number of ether oxygens (including phenoxy) is 2. The van der Waals surface area contributed by atoms with Gasteiger partial charge in [0.15, 0.2) is 6.10 Å². The number of phosphoric acid groups is 2. The van der Waals surface area contributed by atoms with Gasteiger partial charge in [-0.15, -0.1) is 0 Å². The molecule has 0 aromatic carbocycles. The Morgan fingerprint density at radius 1 is 0.484 bits per heavy atom. The number of esters is 2. The molecule has 1 saturated carbocycles. The first-order valence-electron chi connectivity index (χ1n) is 22.5. The maximum Gasteiger partial charge on any atom is 1.00 e. The summed E-state index contributed by atoms with van der Waals surface area (Å²) in [5.41, 5.74) is 0. The van der Waals surface area contributed by atoms with Gasteiger partial charge < -0.3 is 62.7 Å². The van der Waals surface area contributed by atoms with E-state index in [1.54, 1.807) is 0 Å². The van der Waals surface area contributed by atoms with Gasteiger partial charge in [0, 0.05) is 12.8 Å². The molecule has 0 amide bonds. The molecule has 16 nitrogen and oxygen atoms in total. The number of carbonyl (C=O) groups is 2. The van der Waals surface area contributed by atoms with E-state index in [2.05, 4.69) is 18.4 Å². The fourth-order valence-corrected chi connectivity index (χ4v) is 8.63. The van der Waals surface area contributed by atoms with Crippen LogP contribution in [0.25, 0.3) is 0 Å². The summed E-state index contributed by atoms with van der Waals surface area (Å²) in [7, 11) is -11.4. The third kappa shape index (κ3) is 35.2. The van der Waals surface area contributed by atoms with E-state index in [4.69, 9.17) is 18.5 Å². The van der Waals surface area contributed by atoms with Crippen molar-refractivity contribution in [3.63, 3.8) is 0 Å². The zero-order chi connectivity index (χ0) is 43.9. The first-order valence-corrected chi connectivity index (χ1v) is 25.5. The van der Waals surface area contributed by atoms with Gasteiger partial charge in [0.25, 0.3) is 7.82 Å². The molecule has 0 spiro atoms. The summed E-state index contributed by atoms with van der Waals surface area (Å²) in [5.74, 6) is -1.25. The van der Waals surface area contributed by atoms with Gasteiger partial charge in [-0.3, -0.25) is 14.2 Å². The molecule has 1 rings (SSSR count). The van der Waals surface area contributed by atoms with Gasteiger partial charge >= 0.3 is 101 Å². The largest absolute Gasteiger partial charge is 1.00 e. The Kier molecular flexibility index (Phi) is 46.2. The number of hydrogen-bond donors (Lipinski definition) is 4. The normalized spacial score (nSPS) is 21.4. The van der Waals surface area contributed by atoms with Crippen LogP contribution in [0.5, 0.6) is 0 Å². The van der Waals surface area contributed by atoms with Gasteiger partial charge in [0.05, 0.1) is 14.4 Å². The molecule has 0 radical (unpaired) electrons. The molecule has 0 saturated heterocycles. The summed E-state index contributed by atoms with van der Waals surface area (Å²) in [6.45, 7) is 2.97. The van der Waals surface area contributed by atoms with Gasteiger partial charge in [0.1, 0.15) is 43.2 Å². The standard InChI is InChI=1S/C41H80O16P2.3Na/c1-3-5-7-9-11-13-15-17-19-21-23-25-27-29-34(42)53-31-33(55-35(43)30-28-26-24-22-20-18-16-14-12-10-8-6-4-2)32-54-59(51,52)57-41-38(46)36(44)37(45)40(39(41)47)56-58(48,49)50;;;/h33,36-41,44-47H,3-32H2,1-2H3,(H,51,52)(H2,48,49,50);;;/q;3*+1/p-3/t33-,36+,37+,38-,39-,40-,41+;;;/m1.../s1. The average molecular weight is 957 g/mol. The van der Waals surface area contributed by atoms with Gasteiger partial charge in [-0.2, -0.15) is 0 Å². The smallest absolute Gasteiger partial charge is 0.790 e. The molecule has 0 bridgehead atoms. The van der Waals surface area contributed by atoms with E-state index in [0.717, 1.165) is 51.4 Å². The number of rotatable bonds is 38. The minimum absolute atomic E-state index is 0. The molecule has 0 aromatic heterocycles. The molecule has 62 heavy (non-hydrogen) atoms. The molecular formula is C41H77Na3O16P2.